The number of nitriles is 1. The van der Waals surface area contributed by atoms with Crippen molar-refractivity contribution in [1.29, 1.82) is 5.26 Å². The van der Waals surface area contributed by atoms with Gasteiger partial charge in [-0.3, -0.25) is 9.67 Å². The number of nitrogens with zero attached hydrogens (tertiary/aromatic N) is 4. The Morgan fingerprint density at radius 2 is 2.08 bits per heavy atom. The lowest BCUT2D eigenvalue weighted by atomic mass is 10.1. The lowest BCUT2D eigenvalue weighted by Gasteiger charge is -2.12. The predicted molar refractivity (Wildman–Crippen MR) is 111 cm³/mol. The lowest BCUT2D eigenvalue weighted by Crippen LogP contribution is -2.37. The highest BCUT2D eigenvalue weighted by Gasteiger charge is 2.02. The van der Waals surface area contributed by atoms with Gasteiger partial charge in [0.15, 0.2) is 5.96 Å². The molecule has 2 rings (SSSR count). The third-order valence-electron chi connectivity index (χ3n) is 3.68. The number of hydrogen-bond donors (Lipinski definition) is 2. The van der Waals surface area contributed by atoms with Crippen molar-refractivity contribution in [2.75, 3.05) is 13.6 Å². The highest BCUT2D eigenvalue weighted by atomic mass is 127. The topological polar surface area (TPSA) is 78.0 Å². The maximum Gasteiger partial charge on any atom is 0.191 e. The highest BCUT2D eigenvalue weighted by molar-refractivity contribution is 14.0. The van der Waals surface area contributed by atoms with E-state index in [0.717, 1.165) is 36.7 Å². The van der Waals surface area contributed by atoms with Gasteiger partial charge in [-0.05, 0) is 44.0 Å². The van der Waals surface area contributed by atoms with Gasteiger partial charge in [-0.15, -0.1) is 24.0 Å². The molecule has 1 aromatic heterocycles. The second-order valence-corrected chi connectivity index (χ2v) is 5.67. The molecule has 25 heavy (non-hydrogen) atoms. The van der Waals surface area contributed by atoms with Crippen LogP contribution in [-0.4, -0.2) is 29.3 Å². The van der Waals surface area contributed by atoms with Crippen molar-refractivity contribution in [2.24, 2.45) is 4.99 Å². The minimum atomic E-state index is 0. The molecular weight excluding hydrogens is 427 g/mol. The molecule has 0 aliphatic rings. The van der Waals surface area contributed by atoms with Crippen LogP contribution < -0.4 is 10.6 Å². The zero-order valence-electron chi connectivity index (χ0n) is 14.9. The van der Waals surface area contributed by atoms with Crippen LogP contribution in [-0.2, 0) is 13.1 Å². The predicted octanol–water partition coefficient (Wildman–Crippen LogP) is 2.74. The molecule has 2 N–H and O–H groups in total. The van der Waals surface area contributed by atoms with Crippen molar-refractivity contribution >= 4 is 29.9 Å². The molecule has 0 bridgehead atoms. The van der Waals surface area contributed by atoms with E-state index in [1.165, 1.54) is 5.69 Å². The molecule has 1 heterocycles. The van der Waals surface area contributed by atoms with E-state index in [1.54, 1.807) is 13.1 Å². The van der Waals surface area contributed by atoms with E-state index < -0.39 is 0 Å². The van der Waals surface area contributed by atoms with Crippen LogP contribution in [0.15, 0.2) is 35.3 Å². The fourth-order valence-corrected chi connectivity index (χ4v) is 2.49. The molecule has 0 saturated carbocycles. The van der Waals surface area contributed by atoms with Crippen molar-refractivity contribution < 1.29 is 0 Å². The average Bonchev–Trinajstić information content (AvgIpc) is 2.92. The standard InChI is InChI=1S/C18H24N6.HI/c1-14-10-15(2)24(23-14)9-5-8-21-18(20-3)22-13-17-7-4-6-16(11-17)12-19;/h4,6-7,10-11H,5,8-9,13H2,1-3H3,(H2,20,21,22);1H. The second kappa shape index (κ2) is 10.7. The Morgan fingerprint density at radius 1 is 1.28 bits per heavy atom. The number of benzene rings is 1. The largest absolute Gasteiger partial charge is 0.356 e. The monoisotopic (exact) mass is 452 g/mol. The number of halogens is 1. The molecule has 0 aliphatic heterocycles. The van der Waals surface area contributed by atoms with E-state index in [-0.39, 0.29) is 24.0 Å². The van der Waals surface area contributed by atoms with E-state index in [4.69, 9.17) is 5.26 Å². The molecule has 6 nitrogen and oxygen atoms in total. The fraction of sp³-hybridized carbons (Fsp3) is 0.389. The van der Waals surface area contributed by atoms with Crippen LogP contribution in [0.5, 0.6) is 0 Å². The first-order valence-corrected chi connectivity index (χ1v) is 8.07. The van der Waals surface area contributed by atoms with Gasteiger partial charge in [0.05, 0.1) is 17.3 Å². The average molecular weight is 452 g/mol. The summed E-state index contributed by atoms with van der Waals surface area (Å²) in [5.74, 6) is 0.755. The zero-order chi connectivity index (χ0) is 17.4. The van der Waals surface area contributed by atoms with Crippen LogP contribution in [0.1, 0.15) is 28.9 Å². The smallest absolute Gasteiger partial charge is 0.191 e. The lowest BCUT2D eigenvalue weighted by molar-refractivity contribution is 0.555. The van der Waals surface area contributed by atoms with Gasteiger partial charge in [0.25, 0.3) is 0 Å². The summed E-state index contributed by atoms with van der Waals surface area (Å²) < 4.78 is 2.03. The Bertz CT molecular complexity index is 744. The molecule has 0 unspecified atom stereocenters. The van der Waals surface area contributed by atoms with Gasteiger partial charge in [-0.1, -0.05) is 12.1 Å². The number of aryl methyl sites for hydroxylation is 3. The van der Waals surface area contributed by atoms with E-state index in [0.29, 0.717) is 12.1 Å². The van der Waals surface area contributed by atoms with Gasteiger partial charge < -0.3 is 10.6 Å². The Labute approximate surface area is 166 Å². The molecule has 0 aliphatic carbocycles. The molecule has 7 heteroatoms. The first kappa shape index (κ1) is 21.0. The molecule has 2 aromatic rings. The summed E-state index contributed by atoms with van der Waals surface area (Å²) in [6, 6.07) is 11.8. The number of aromatic nitrogens is 2. The molecule has 0 fully saturated rings. The summed E-state index contributed by atoms with van der Waals surface area (Å²) in [4.78, 5) is 4.22. The van der Waals surface area contributed by atoms with Crippen molar-refractivity contribution in [3.05, 3.63) is 52.8 Å². The molecule has 0 atom stereocenters. The van der Waals surface area contributed by atoms with Crippen LogP contribution in [0, 0.1) is 25.2 Å². The molecule has 0 spiro atoms. The molecule has 1 aromatic carbocycles. The number of guanidine groups is 1. The SMILES string of the molecule is CN=C(NCCCn1nc(C)cc1C)NCc1cccc(C#N)c1.I. The first-order valence-electron chi connectivity index (χ1n) is 8.07. The Balaban J connectivity index is 0.00000312. The fourth-order valence-electron chi connectivity index (χ4n) is 2.49. The highest BCUT2D eigenvalue weighted by Crippen LogP contribution is 2.04. The second-order valence-electron chi connectivity index (χ2n) is 5.67. The number of aliphatic imine (C=N–C) groups is 1. The van der Waals surface area contributed by atoms with Gasteiger partial charge in [0.2, 0.25) is 0 Å². The first-order chi connectivity index (χ1) is 11.6. The molecule has 134 valence electrons. The third kappa shape index (κ3) is 6.74. The van der Waals surface area contributed by atoms with E-state index >= 15 is 0 Å². The maximum absolute atomic E-state index is 8.93. The van der Waals surface area contributed by atoms with Gasteiger partial charge >= 0.3 is 0 Å². The minimum Gasteiger partial charge on any atom is -0.356 e. The van der Waals surface area contributed by atoms with Gasteiger partial charge in [0.1, 0.15) is 0 Å². The number of nitrogens with one attached hydrogen (secondary N) is 2. The van der Waals surface area contributed by atoms with Crippen LogP contribution in [0.4, 0.5) is 0 Å². The van der Waals surface area contributed by atoms with Crippen molar-refractivity contribution in [3.8, 4) is 6.07 Å². The normalized spacial score (nSPS) is 10.7. The Kier molecular flexibility index (Phi) is 8.99. The van der Waals surface area contributed by atoms with E-state index in [9.17, 15) is 0 Å². The number of hydrogen-bond acceptors (Lipinski definition) is 3. The summed E-state index contributed by atoms with van der Waals surface area (Å²) >= 11 is 0. The van der Waals surface area contributed by atoms with Crippen molar-refractivity contribution in [2.45, 2.75) is 33.4 Å². The minimum absolute atomic E-state index is 0. The molecule has 0 radical (unpaired) electrons. The van der Waals surface area contributed by atoms with E-state index in [1.807, 2.05) is 29.8 Å². The Hall–Kier alpha value is -2.08. The van der Waals surface area contributed by atoms with Crippen LogP contribution in [0.2, 0.25) is 0 Å². The van der Waals surface area contributed by atoms with Crippen molar-refractivity contribution in [3.63, 3.8) is 0 Å². The van der Waals surface area contributed by atoms with E-state index in [2.05, 4.69) is 39.8 Å². The summed E-state index contributed by atoms with van der Waals surface area (Å²) in [6.07, 6.45) is 0.965. The molecular formula is C18H25IN6. The van der Waals surface area contributed by atoms with Crippen LogP contribution in [0.25, 0.3) is 0 Å². The molecule has 0 amide bonds. The molecule has 0 saturated heterocycles. The maximum atomic E-state index is 8.93. The zero-order valence-corrected chi connectivity index (χ0v) is 17.2. The third-order valence-corrected chi connectivity index (χ3v) is 3.68. The number of rotatable bonds is 6. The van der Waals surface area contributed by atoms with Crippen molar-refractivity contribution in [1.82, 2.24) is 20.4 Å². The summed E-state index contributed by atoms with van der Waals surface area (Å²) in [6.45, 7) is 6.41. The van der Waals surface area contributed by atoms with Gasteiger partial charge in [0, 0.05) is 32.4 Å². The summed E-state index contributed by atoms with van der Waals surface area (Å²) in [5.41, 5.74) is 3.96. The van der Waals surface area contributed by atoms with Gasteiger partial charge in [-0.25, -0.2) is 0 Å². The van der Waals surface area contributed by atoms with Crippen LogP contribution >= 0.6 is 24.0 Å². The van der Waals surface area contributed by atoms with Gasteiger partial charge in [-0.2, -0.15) is 10.4 Å². The van der Waals surface area contributed by atoms with Crippen LogP contribution in [0.3, 0.4) is 0 Å². The summed E-state index contributed by atoms with van der Waals surface area (Å²) in [5, 5.41) is 19.9. The quantitative estimate of drug-likeness (QED) is 0.306. The Morgan fingerprint density at radius 3 is 2.72 bits per heavy atom. The summed E-state index contributed by atoms with van der Waals surface area (Å²) in [7, 11) is 1.75.